The molecule has 1 heterocycles. The number of Topliss-reactive ketones (excluding diaryl/α,β-unsaturated/α-hetero) is 1. The number of nitrogens with one attached hydrogen (secondary N) is 1. The summed E-state index contributed by atoms with van der Waals surface area (Å²) in [6, 6.07) is 5.76. The lowest BCUT2D eigenvalue weighted by Gasteiger charge is -2.05. The van der Waals surface area contributed by atoms with Crippen molar-refractivity contribution in [2.75, 3.05) is 6.61 Å². The Bertz CT molecular complexity index is 514. The molecule has 0 bridgehead atoms. The topological polar surface area (TPSA) is 42.1 Å². The fraction of sp³-hybridized carbons (Fsp3) is 0.308. The zero-order valence-corrected chi connectivity index (χ0v) is 9.54. The van der Waals surface area contributed by atoms with Crippen LogP contribution < -0.4 is 4.74 Å². The first-order valence-electron chi connectivity index (χ1n) is 5.54. The van der Waals surface area contributed by atoms with Crippen molar-refractivity contribution in [3.05, 3.63) is 30.0 Å². The van der Waals surface area contributed by atoms with Gasteiger partial charge >= 0.3 is 0 Å². The van der Waals surface area contributed by atoms with Crippen LogP contribution in [0.5, 0.6) is 5.75 Å². The molecule has 0 saturated carbocycles. The smallest absolute Gasteiger partial charge is 0.164 e. The van der Waals surface area contributed by atoms with E-state index >= 15 is 0 Å². The van der Waals surface area contributed by atoms with Crippen LogP contribution >= 0.6 is 0 Å². The average molecular weight is 217 g/mol. The normalized spacial score (nSPS) is 10.6. The number of ketones is 1. The monoisotopic (exact) mass is 217 g/mol. The summed E-state index contributed by atoms with van der Waals surface area (Å²) >= 11 is 0. The second-order valence-electron chi connectivity index (χ2n) is 3.59. The number of H-pyrrole nitrogens is 1. The van der Waals surface area contributed by atoms with Crippen LogP contribution in [0.1, 0.15) is 30.6 Å². The van der Waals surface area contributed by atoms with Gasteiger partial charge in [0, 0.05) is 23.7 Å². The first-order valence-corrected chi connectivity index (χ1v) is 5.54. The highest BCUT2D eigenvalue weighted by Gasteiger charge is 2.13. The third kappa shape index (κ3) is 1.69. The molecule has 0 aliphatic carbocycles. The van der Waals surface area contributed by atoms with Crippen molar-refractivity contribution < 1.29 is 9.53 Å². The number of ether oxygens (including phenoxy) is 1. The highest BCUT2D eigenvalue weighted by molar-refractivity contribution is 6.09. The van der Waals surface area contributed by atoms with Crippen molar-refractivity contribution in [2.24, 2.45) is 0 Å². The van der Waals surface area contributed by atoms with Crippen LogP contribution in [-0.2, 0) is 0 Å². The number of aromatic amines is 1. The molecule has 0 aliphatic rings. The van der Waals surface area contributed by atoms with Gasteiger partial charge in [-0.3, -0.25) is 4.79 Å². The molecule has 2 rings (SSSR count). The maximum atomic E-state index is 11.8. The molecule has 0 fully saturated rings. The van der Waals surface area contributed by atoms with E-state index in [0.29, 0.717) is 13.0 Å². The van der Waals surface area contributed by atoms with Crippen LogP contribution in [-0.4, -0.2) is 17.4 Å². The van der Waals surface area contributed by atoms with E-state index in [1.165, 1.54) is 0 Å². The second kappa shape index (κ2) is 4.39. The van der Waals surface area contributed by atoms with Gasteiger partial charge in [0.1, 0.15) is 5.75 Å². The van der Waals surface area contributed by atoms with Crippen LogP contribution in [0.2, 0.25) is 0 Å². The molecule has 16 heavy (non-hydrogen) atoms. The Morgan fingerprint density at radius 3 is 2.88 bits per heavy atom. The Kier molecular flexibility index (Phi) is 2.95. The largest absolute Gasteiger partial charge is 0.493 e. The molecule has 0 radical (unpaired) electrons. The van der Waals surface area contributed by atoms with E-state index in [1.54, 1.807) is 6.20 Å². The lowest BCUT2D eigenvalue weighted by Crippen LogP contribution is -1.97. The highest BCUT2D eigenvalue weighted by atomic mass is 16.5. The minimum absolute atomic E-state index is 0.137. The van der Waals surface area contributed by atoms with Gasteiger partial charge in [-0.2, -0.15) is 0 Å². The molecule has 1 N–H and O–H groups in total. The van der Waals surface area contributed by atoms with Gasteiger partial charge in [0.25, 0.3) is 0 Å². The zero-order valence-electron chi connectivity index (χ0n) is 9.54. The predicted octanol–water partition coefficient (Wildman–Crippen LogP) is 3.16. The van der Waals surface area contributed by atoms with Gasteiger partial charge in [-0.15, -0.1) is 0 Å². The summed E-state index contributed by atoms with van der Waals surface area (Å²) in [4.78, 5) is 14.9. The first-order chi connectivity index (χ1) is 7.77. The molecule has 0 amide bonds. The molecule has 3 nitrogen and oxygen atoms in total. The summed E-state index contributed by atoms with van der Waals surface area (Å²) in [5.41, 5.74) is 1.67. The Balaban J connectivity index is 2.62. The molecule has 0 unspecified atom stereocenters. The minimum Gasteiger partial charge on any atom is -0.493 e. The van der Waals surface area contributed by atoms with E-state index in [2.05, 4.69) is 4.98 Å². The maximum absolute atomic E-state index is 11.8. The number of fused-ring (bicyclic) bond motifs is 1. The summed E-state index contributed by atoms with van der Waals surface area (Å²) in [6.07, 6.45) is 2.27. The Hall–Kier alpha value is -1.77. The minimum atomic E-state index is 0.137. The molecule has 0 saturated heterocycles. The van der Waals surface area contributed by atoms with Gasteiger partial charge < -0.3 is 9.72 Å². The number of rotatable bonds is 4. The van der Waals surface area contributed by atoms with E-state index < -0.39 is 0 Å². The van der Waals surface area contributed by atoms with Crippen LogP contribution in [0.15, 0.2) is 24.4 Å². The zero-order chi connectivity index (χ0) is 11.5. The average Bonchev–Trinajstić information content (AvgIpc) is 2.73. The summed E-state index contributed by atoms with van der Waals surface area (Å²) < 4.78 is 5.54. The van der Waals surface area contributed by atoms with Gasteiger partial charge in [0.2, 0.25) is 0 Å². The number of carbonyl (C=O) groups excluding carboxylic acids is 1. The molecule has 1 aromatic carbocycles. The number of benzene rings is 1. The maximum Gasteiger partial charge on any atom is 0.164 e. The SMILES string of the molecule is CCOc1cccc2[nH]cc(C(=O)CC)c12. The fourth-order valence-corrected chi connectivity index (χ4v) is 1.84. The van der Waals surface area contributed by atoms with Gasteiger partial charge in [0.15, 0.2) is 5.78 Å². The molecule has 1 aromatic heterocycles. The van der Waals surface area contributed by atoms with Gasteiger partial charge in [0.05, 0.1) is 12.0 Å². The van der Waals surface area contributed by atoms with Crippen LogP contribution in [0.25, 0.3) is 10.9 Å². The second-order valence-corrected chi connectivity index (χ2v) is 3.59. The van der Waals surface area contributed by atoms with Gasteiger partial charge in [-0.25, -0.2) is 0 Å². The Morgan fingerprint density at radius 1 is 1.38 bits per heavy atom. The van der Waals surface area contributed by atoms with Crippen molar-refractivity contribution in [3.63, 3.8) is 0 Å². The third-order valence-electron chi connectivity index (χ3n) is 2.59. The molecular weight excluding hydrogens is 202 g/mol. The lowest BCUT2D eigenvalue weighted by atomic mass is 10.1. The summed E-state index contributed by atoms with van der Waals surface area (Å²) in [6.45, 7) is 4.40. The third-order valence-corrected chi connectivity index (χ3v) is 2.59. The van der Waals surface area contributed by atoms with Crippen molar-refractivity contribution in [3.8, 4) is 5.75 Å². The van der Waals surface area contributed by atoms with Crippen molar-refractivity contribution in [2.45, 2.75) is 20.3 Å². The van der Waals surface area contributed by atoms with Crippen molar-refractivity contribution >= 4 is 16.7 Å². The molecule has 2 aromatic rings. The van der Waals surface area contributed by atoms with Crippen LogP contribution in [0.4, 0.5) is 0 Å². The quantitative estimate of drug-likeness (QED) is 0.799. The Labute approximate surface area is 94.4 Å². The molecule has 84 valence electrons. The van der Waals surface area contributed by atoms with Crippen molar-refractivity contribution in [1.82, 2.24) is 4.98 Å². The lowest BCUT2D eigenvalue weighted by molar-refractivity contribution is 0.0989. The number of carbonyl (C=O) groups is 1. The van der Waals surface area contributed by atoms with Crippen molar-refractivity contribution in [1.29, 1.82) is 0 Å². The van der Waals surface area contributed by atoms with Crippen LogP contribution in [0.3, 0.4) is 0 Å². The van der Waals surface area contributed by atoms with Gasteiger partial charge in [-0.05, 0) is 19.1 Å². The molecular formula is C13H15NO2. The van der Waals surface area contributed by atoms with E-state index in [1.807, 2.05) is 32.0 Å². The highest BCUT2D eigenvalue weighted by Crippen LogP contribution is 2.29. The molecule has 0 aliphatic heterocycles. The summed E-state index contributed by atoms with van der Waals surface area (Å²) in [5, 5.41) is 0.899. The number of hydrogen-bond donors (Lipinski definition) is 1. The molecule has 0 spiro atoms. The predicted molar refractivity (Wildman–Crippen MR) is 64.1 cm³/mol. The van der Waals surface area contributed by atoms with E-state index in [9.17, 15) is 4.79 Å². The molecule has 3 heteroatoms. The summed E-state index contributed by atoms with van der Waals surface area (Å²) in [5.74, 6) is 0.913. The summed E-state index contributed by atoms with van der Waals surface area (Å²) in [7, 11) is 0. The fourth-order valence-electron chi connectivity index (χ4n) is 1.84. The van der Waals surface area contributed by atoms with E-state index in [4.69, 9.17) is 4.74 Å². The number of aromatic nitrogens is 1. The van der Waals surface area contributed by atoms with E-state index in [0.717, 1.165) is 22.2 Å². The van der Waals surface area contributed by atoms with E-state index in [-0.39, 0.29) is 5.78 Å². The van der Waals surface area contributed by atoms with Crippen LogP contribution in [0, 0.1) is 0 Å². The number of hydrogen-bond acceptors (Lipinski definition) is 2. The Morgan fingerprint density at radius 2 is 2.19 bits per heavy atom. The first kappa shape index (κ1) is 10.7. The molecule has 0 atom stereocenters. The standard InChI is InChI=1S/C13H15NO2/c1-3-11(15)9-8-14-10-6-5-7-12(13(9)10)16-4-2/h5-8,14H,3-4H2,1-2H3. The van der Waals surface area contributed by atoms with Gasteiger partial charge in [-0.1, -0.05) is 13.0 Å².